The Bertz CT molecular complexity index is 301. The number of nitrogens with zero attached hydrogens (tertiary/aromatic N) is 1. The van der Waals surface area contributed by atoms with Crippen LogP contribution in [0.15, 0.2) is 18.3 Å². The van der Waals surface area contributed by atoms with Crippen molar-refractivity contribution in [3.8, 4) is 5.75 Å². The van der Waals surface area contributed by atoms with Crippen molar-refractivity contribution in [1.29, 1.82) is 0 Å². The normalized spacial score (nSPS) is 9.62. The quantitative estimate of drug-likeness (QED) is 0.582. The second-order valence-electron chi connectivity index (χ2n) is 2.40. The molecule has 1 rings (SSSR count). The van der Waals surface area contributed by atoms with Gasteiger partial charge in [0.15, 0.2) is 0 Å². The largest absolute Gasteiger partial charge is 0.506 e. The Labute approximate surface area is 75.0 Å². The van der Waals surface area contributed by atoms with Gasteiger partial charge in [-0.15, -0.1) is 0 Å². The SMILES string of the molecule is O=C(CO)NCc1ncccc1O. The second-order valence-corrected chi connectivity index (χ2v) is 2.40. The molecule has 0 bridgehead atoms. The van der Waals surface area contributed by atoms with Gasteiger partial charge in [-0.05, 0) is 12.1 Å². The minimum atomic E-state index is -0.562. The molecule has 0 atom stereocenters. The van der Waals surface area contributed by atoms with Gasteiger partial charge in [-0.25, -0.2) is 0 Å². The predicted molar refractivity (Wildman–Crippen MR) is 44.8 cm³/mol. The van der Waals surface area contributed by atoms with E-state index in [0.29, 0.717) is 5.69 Å². The molecule has 0 aromatic carbocycles. The van der Waals surface area contributed by atoms with E-state index in [-0.39, 0.29) is 12.3 Å². The van der Waals surface area contributed by atoms with E-state index in [1.165, 1.54) is 12.3 Å². The number of rotatable bonds is 3. The maximum absolute atomic E-state index is 10.6. The fourth-order valence-electron chi connectivity index (χ4n) is 0.804. The molecular formula is C8H10N2O3. The lowest BCUT2D eigenvalue weighted by Crippen LogP contribution is -2.25. The summed E-state index contributed by atoms with van der Waals surface area (Å²) in [6.45, 7) is -0.445. The molecule has 0 aliphatic heterocycles. The second kappa shape index (κ2) is 4.42. The van der Waals surface area contributed by atoms with Gasteiger partial charge in [-0.2, -0.15) is 0 Å². The summed E-state index contributed by atoms with van der Waals surface area (Å²) in [5, 5.41) is 20.0. The molecule has 5 nitrogen and oxygen atoms in total. The molecule has 1 aromatic rings. The van der Waals surface area contributed by atoms with Gasteiger partial charge in [0.2, 0.25) is 5.91 Å². The van der Waals surface area contributed by atoms with Crippen LogP contribution in [0, 0.1) is 0 Å². The average Bonchev–Trinajstić information content (AvgIpc) is 2.16. The number of aliphatic hydroxyl groups excluding tert-OH is 1. The Morgan fingerprint density at radius 1 is 1.62 bits per heavy atom. The van der Waals surface area contributed by atoms with Gasteiger partial charge in [0.05, 0.1) is 6.54 Å². The fourth-order valence-corrected chi connectivity index (χ4v) is 0.804. The monoisotopic (exact) mass is 182 g/mol. The number of nitrogens with one attached hydrogen (secondary N) is 1. The number of aliphatic hydroxyl groups is 1. The summed E-state index contributed by atoms with van der Waals surface area (Å²) in [5.41, 5.74) is 0.379. The maximum atomic E-state index is 10.6. The van der Waals surface area contributed by atoms with Gasteiger partial charge < -0.3 is 15.5 Å². The molecule has 1 aromatic heterocycles. The summed E-state index contributed by atoms with van der Waals surface area (Å²) in [6.07, 6.45) is 1.51. The first kappa shape index (κ1) is 9.47. The van der Waals surface area contributed by atoms with Gasteiger partial charge in [-0.1, -0.05) is 0 Å². The number of carbonyl (C=O) groups excluding carboxylic acids is 1. The Kier molecular flexibility index (Phi) is 3.22. The lowest BCUT2D eigenvalue weighted by molar-refractivity contribution is -0.123. The first-order valence-corrected chi connectivity index (χ1v) is 3.74. The molecule has 5 heteroatoms. The number of carbonyl (C=O) groups is 1. The molecule has 0 fully saturated rings. The van der Waals surface area contributed by atoms with Crippen molar-refractivity contribution < 1.29 is 15.0 Å². The highest BCUT2D eigenvalue weighted by molar-refractivity contribution is 5.76. The number of aromatic nitrogens is 1. The summed E-state index contributed by atoms with van der Waals surface area (Å²) >= 11 is 0. The van der Waals surface area contributed by atoms with Gasteiger partial charge >= 0.3 is 0 Å². The van der Waals surface area contributed by atoms with E-state index in [4.69, 9.17) is 5.11 Å². The van der Waals surface area contributed by atoms with Crippen LogP contribution in [0.2, 0.25) is 0 Å². The Morgan fingerprint density at radius 2 is 2.38 bits per heavy atom. The van der Waals surface area contributed by atoms with Crippen LogP contribution in [0.3, 0.4) is 0 Å². The standard InChI is InChI=1S/C8H10N2O3/c11-5-8(13)10-4-6-7(12)2-1-3-9-6/h1-3,11-12H,4-5H2,(H,10,13). The zero-order valence-electron chi connectivity index (χ0n) is 6.90. The Morgan fingerprint density at radius 3 is 3.00 bits per heavy atom. The van der Waals surface area contributed by atoms with Crippen LogP contribution in [-0.4, -0.2) is 27.7 Å². The lowest BCUT2D eigenvalue weighted by atomic mass is 10.3. The summed E-state index contributed by atoms with van der Waals surface area (Å²) < 4.78 is 0. The zero-order chi connectivity index (χ0) is 9.68. The van der Waals surface area contributed by atoms with E-state index in [1.807, 2.05) is 0 Å². The molecule has 0 saturated carbocycles. The molecule has 0 saturated heterocycles. The molecule has 0 spiro atoms. The third-order valence-corrected chi connectivity index (χ3v) is 1.46. The minimum Gasteiger partial charge on any atom is -0.506 e. The number of aromatic hydroxyl groups is 1. The third-order valence-electron chi connectivity index (χ3n) is 1.46. The molecule has 0 unspecified atom stereocenters. The van der Waals surface area contributed by atoms with Crippen molar-refractivity contribution in [2.45, 2.75) is 6.54 Å². The van der Waals surface area contributed by atoms with Gasteiger partial charge in [0.1, 0.15) is 18.1 Å². The van der Waals surface area contributed by atoms with Gasteiger partial charge in [-0.3, -0.25) is 9.78 Å². The van der Waals surface area contributed by atoms with Crippen LogP contribution in [0.5, 0.6) is 5.75 Å². The molecule has 0 aliphatic carbocycles. The number of hydrogen-bond donors (Lipinski definition) is 3. The molecule has 1 amide bonds. The molecule has 3 N–H and O–H groups in total. The summed E-state index contributed by atoms with van der Waals surface area (Å²) in [5.74, 6) is -0.467. The van der Waals surface area contributed by atoms with E-state index in [0.717, 1.165) is 0 Å². The maximum Gasteiger partial charge on any atom is 0.246 e. The molecule has 70 valence electrons. The molecule has 1 heterocycles. The summed E-state index contributed by atoms with van der Waals surface area (Å²) in [6, 6.07) is 3.07. The van der Waals surface area contributed by atoms with E-state index >= 15 is 0 Å². The van der Waals surface area contributed by atoms with Gasteiger partial charge in [0.25, 0.3) is 0 Å². The molecule has 0 aliphatic rings. The Balaban J connectivity index is 2.54. The van der Waals surface area contributed by atoms with Crippen molar-refractivity contribution in [1.82, 2.24) is 10.3 Å². The van der Waals surface area contributed by atoms with Gasteiger partial charge in [0, 0.05) is 6.20 Å². The van der Waals surface area contributed by atoms with Crippen molar-refractivity contribution >= 4 is 5.91 Å². The van der Waals surface area contributed by atoms with Crippen LogP contribution in [0.25, 0.3) is 0 Å². The number of pyridine rings is 1. The fraction of sp³-hybridized carbons (Fsp3) is 0.250. The lowest BCUT2D eigenvalue weighted by Gasteiger charge is -2.03. The molecule has 0 radical (unpaired) electrons. The first-order chi connectivity index (χ1) is 6.24. The highest BCUT2D eigenvalue weighted by atomic mass is 16.3. The highest BCUT2D eigenvalue weighted by Crippen LogP contribution is 2.11. The Hall–Kier alpha value is -1.62. The van der Waals surface area contributed by atoms with E-state index in [2.05, 4.69) is 10.3 Å². The van der Waals surface area contributed by atoms with Crippen molar-refractivity contribution in [3.63, 3.8) is 0 Å². The van der Waals surface area contributed by atoms with E-state index in [9.17, 15) is 9.90 Å². The highest BCUT2D eigenvalue weighted by Gasteiger charge is 2.02. The third kappa shape index (κ3) is 2.72. The minimum absolute atomic E-state index is 0.0285. The molecule has 13 heavy (non-hydrogen) atoms. The summed E-state index contributed by atoms with van der Waals surface area (Å²) in [4.78, 5) is 14.5. The van der Waals surface area contributed by atoms with Crippen molar-refractivity contribution in [3.05, 3.63) is 24.0 Å². The molecular weight excluding hydrogens is 172 g/mol. The van der Waals surface area contributed by atoms with Crippen LogP contribution in [0.4, 0.5) is 0 Å². The van der Waals surface area contributed by atoms with Crippen LogP contribution >= 0.6 is 0 Å². The van der Waals surface area contributed by atoms with Crippen molar-refractivity contribution in [2.75, 3.05) is 6.61 Å². The smallest absolute Gasteiger partial charge is 0.246 e. The van der Waals surface area contributed by atoms with Crippen LogP contribution in [-0.2, 0) is 11.3 Å². The first-order valence-electron chi connectivity index (χ1n) is 3.74. The topological polar surface area (TPSA) is 82.5 Å². The summed E-state index contributed by atoms with van der Waals surface area (Å²) in [7, 11) is 0. The van der Waals surface area contributed by atoms with Crippen LogP contribution < -0.4 is 5.32 Å². The van der Waals surface area contributed by atoms with Crippen LogP contribution in [0.1, 0.15) is 5.69 Å². The predicted octanol–water partition coefficient (Wildman–Crippen LogP) is -0.604. The van der Waals surface area contributed by atoms with E-state index in [1.54, 1.807) is 6.07 Å². The average molecular weight is 182 g/mol. The van der Waals surface area contributed by atoms with E-state index < -0.39 is 12.5 Å². The number of hydrogen-bond acceptors (Lipinski definition) is 4. The van der Waals surface area contributed by atoms with Crippen molar-refractivity contribution in [2.24, 2.45) is 0 Å². The zero-order valence-corrected chi connectivity index (χ0v) is 6.90. The number of amides is 1.